The maximum absolute atomic E-state index is 10.6. The van der Waals surface area contributed by atoms with Crippen molar-refractivity contribution in [3.8, 4) is 0 Å². The average molecular weight is 351 g/mol. The van der Waals surface area contributed by atoms with E-state index in [-0.39, 0.29) is 0 Å². The largest absolute Gasteiger partial charge is 0.388 e. The Morgan fingerprint density at radius 3 is 2.33 bits per heavy atom. The number of aromatic nitrogens is 2. The fraction of sp³-hybridized carbons (Fsp3) is 0.471. The Kier molecular flexibility index (Phi) is 5.22. The molecule has 0 aliphatic heterocycles. The Balaban J connectivity index is 2.25. The highest BCUT2D eigenvalue weighted by molar-refractivity contribution is 9.10. The molecule has 0 spiro atoms. The van der Waals surface area contributed by atoms with Crippen LogP contribution in [0.4, 0.5) is 0 Å². The van der Waals surface area contributed by atoms with Crippen LogP contribution in [0.3, 0.4) is 0 Å². The second-order valence-electron chi connectivity index (χ2n) is 5.48. The SMILES string of the molecule is CCc1cc(CC(O)c2cc(C)c(Br)c(C)c2)n(CC)n1. The first-order valence-corrected chi connectivity index (χ1v) is 8.25. The summed E-state index contributed by atoms with van der Waals surface area (Å²) in [7, 11) is 0. The van der Waals surface area contributed by atoms with Crippen LogP contribution >= 0.6 is 15.9 Å². The quantitative estimate of drug-likeness (QED) is 0.880. The average Bonchev–Trinajstić information content (AvgIpc) is 2.86. The van der Waals surface area contributed by atoms with Gasteiger partial charge in [-0.15, -0.1) is 0 Å². The minimum absolute atomic E-state index is 0.498. The first-order valence-electron chi connectivity index (χ1n) is 7.46. The van der Waals surface area contributed by atoms with Gasteiger partial charge in [-0.1, -0.05) is 35.0 Å². The molecule has 2 aromatic rings. The van der Waals surface area contributed by atoms with Gasteiger partial charge in [0, 0.05) is 23.1 Å². The number of rotatable bonds is 5. The third-order valence-corrected chi connectivity index (χ3v) is 5.07. The zero-order valence-electron chi connectivity index (χ0n) is 13.2. The van der Waals surface area contributed by atoms with Crippen molar-refractivity contribution in [1.29, 1.82) is 0 Å². The number of hydrogen-bond acceptors (Lipinski definition) is 2. The molecule has 0 amide bonds. The van der Waals surface area contributed by atoms with Gasteiger partial charge in [-0.25, -0.2) is 0 Å². The van der Waals surface area contributed by atoms with Gasteiger partial charge in [0.1, 0.15) is 0 Å². The number of benzene rings is 1. The summed E-state index contributed by atoms with van der Waals surface area (Å²) in [5.41, 5.74) is 5.46. The number of halogens is 1. The summed E-state index contributed by atoms with van der Waals surface area (Å²) in [5, 5.41) is 15.1. The lowest BCUT2D eigenvalue weighted by molar-refractivity contribution is 0.175. The fourth-order valence-electron chi connectivity index (χ4n) is 2.61. The van der Waals surface area contributed by atoms with Crippen molar-refractivity contribution in [3.05, 3.63) is 50.8 Å². The Labute approximate surface area is 135 Å². The first-order chi connectivity index (χ1) is 9.96. The molecule has 0 radical (unpaired) electrons. The maximum atomic E-state index is 10.6. The summed E-state index contributed by atoms with van der Waals surface area (Å²) in [6.07, 6.45) is 1.02. The Bertz CT molecular complexity index is 611. The smallest absolute Gasteiger partial charge is 0.0845 e. The lowest BCUT2D eigenvalue weighted by Gasteiger charge is -2.15. The van der Waals surface area contributed by atoms with Crippen LogP contribution in [0.5, 0.6) is 0 Å². The highest BCUT2D eigenvalue weighted by Crippen LogP contribution is 2.27. The van der Waals surface area contributed by atoms with Gasteiger partial charge >= 0.3 is 0 Å². The summed E-state index contributed by atoms with van der Waals surface area (Å²) in [6.45, 7) is 9.12. The monoisotopic (exact) mass is 350 g/mol. The van der Waals surface area contributed by atoms with E-state index in [0.717, 1.165) is 45.5 Å². The van der Waals surface area contributed by atoms with Gasteiger partial charge in [-0.3, -0.25) is 4.68 Å². The predicted octanol–water partition coefficient (Wildman–Crippen LogP) is 4.12. The van der Waals surface area contributed by atoms with Crippen LogP contribution in [0.1, 0.15) is 48.0 Å². The molecule has 1 heterocycles. The van der Waals surface area contributed by atoms with Crippen molar-refractivity contribution in [2.75, 3.05) is 0 Å². The lowest BCUT2D eigenvalue weighted by Crippen LogP contribution is -2.09. The predicted molar refractivity (Wildman–Crippen MR) is 89.6 cm³/mol. The highest BCUT2D eigenvalue weighted by atomic mass is 79.9. The molecule has 4 heteroatoms. The number of nitrogens with zero attached hydrogens (tertiary/aromatic N) is 2. The van der Waals surface area contributed by atoms with Crippen molar-refractivity contribution in [2.24, 2.45) is 0 Å². The van der Waals surface area contributed by atoms with Gasteiger partial charge in [0.25, 0.3) is 0 Å². The number of aryl methyl sites for hydroxylation is 4. The minimum Gasteiger partial charge on any atom is -0.388 e. The van der Waals surface area contributed by atoms with E-state index in [1.165, 1.54) is 0 Å². The maximum Gasteiger partial charge on any atom is 0.0845 e. The third-order valence-electron chi connectivity index (χ3n) is 3.82. The number of hydrogen-bond donors (Lipinski definition) is 1. The lowest BCUT2D eigenvalue weighted by atomic mass is 10.00. The van der Waals surface area contributed by atoms with Gasteiger partial charge in [0.2, 0.25) is 0 Å². The second kappa shape index (κ2) is 6.75. The summed E-state index contributed by atoms with van der Waals surface area (Å²) in [4.78, 5) is 0. The first kappa shape index (κ1) is 16.2. The van der Waals surface area contributed by atoms with Gasteiger partial charge in [-0.05, 0) is 49.9 Å². The van der Waals surface area contributed by atoms with Crippen LogP contribution in [0.2, 0.25) is 0 Å². The molecule has 0 saturated heterocycles. The molecule has 0 saturated carbocycles. The zero-order valence-corrected chi connectivity index (χ0v) is 14.7. The molecule has 0 aliphatic carbocycles. The Hall–Kier alpha value is -1.13. The normalized spacial score (nSPS) is 12.7. The summed E-state index contributed by atoms with van der Waals surface area (Å²) < 4.78 is 3.10. The molecule has 2 rings (SSSR count). The molecular formula is C17H23BrN2O. The van der Waals surface area contributed by atoms with Crippen LogP contribution in [0, 0.1) is 13.8 Å². The van der Waals surface area contributed by atoms with Crippen molar-refractivity contribution in [3.63, 3.8) is 0 Å². The van der Waals surface area contributed by atoms with Crippen molar-refractivity contribution >= 4 is 15.9 Å². The van der Waals surface area contributed by atoms with E-state index in [1.54, 1.807) is 0 Å². The van der Waals surface area contributed by atoms with Gasteiger partial charge in [0.15, 0.2) is 0 Å². The second-order valence-corrected chi connectivity index (χ2v) is 6.28. The van der Waals surface area contributed by atoms with Gasteiger partial charge < -0.3 is 5.11 Å². The van der Waals surface area contributed by atoms with E-state index in [1.807, 2.05) is 4.68 Å². The molecule has 1 unspecified atom stereocenters. The van der Waals surface area contributed by atoms with Gasteiger partial charge in [0.05, 0.1) is 11.8 Å². The van der Waals surface area contributed by atoms with Crippen molar-refractivity contribution < 1.29 is 5.11 Å². The fourth-order valence-corrected chi connectivity index (χ4v) is 2.84. The van der Waals surface area contributed by atoms with E-state index < -0.39 is 6.10 Å². The number of aliphatic hydroxyl groups excluding tert-OH is 1. The minimum atomic E-state index is -0.498. The summed E-state index contributed by atoms with van der Waals surface area (Å²) >= 11 is 3.57. The van der Waals surface area contributed by atoms with E-state index >= 15 is 0 Å². The standard InChI is InChI=1S/C17H23BrN2O/c1-5-14-9-15(20(6-2)19-14)10-16(21)13-7-11(3)17(18)12(4)8-13/h7-9,16,21H,5-6,10H2,1-4H3. The molecule has 0 aliphatic rings. The van der Waals surface area contributed by atoms with Crippen LogP contribution in [0.25, 0.3) is 0 Å². The van der Waals surface area contributed by atoms with Crippen LogP contribution in [-0.4, -0.2) is 14.9 Å². The van der Waals surface area contributed by atoms with Crippen molar-refractivity contribution in [2.45, 2.75) is 53.2 Å². The summed E-state index contributed by atoms with van der Waals surface area (Å²) in [5.74, 6) is 0. The Morgan fingerprint density at radius 1 is 1.19 bits per heavy atom. The van der Waals surface area contributed by atoms with E-state index in [0.29, 0.717) is 6.42 Å². The zero-order chi connectivity index (χ0) is 15.6. The molecule has 21 heavy (non-hydrogen) atoms. The van der Waals surface area contributed by atoms with Gasteiger partial charge in [-0.2, -0.15) is 5.10 Å². The third kappa shape index (κ3) is 3.55. The molecule has 1 atom stereocenters. The molecule has 0 fully saturated rings. The van der Waals surface area contributed by atoms with E-state index in [4.69, 9.17) is 0 Å². The van der Waals surface area contributed by atoms with Crippen LogP contribution < -0.4 is 0 Å². The van der Waals surface area contributed by atoms with Crippen molar-refractivity contribution in [1.82, 2.24) is 9.78 Å². The highest BCUT2D eigenvalue weighted by Gasteiger charge is 2.15. The molecule has 0 bridgehead atoms. The molecule has 1 aromatic carbocycles. The topological polar surface area (TPSA) is 38.0 Å². The molecule has 3 nitrogen and oxygen atoms in total. The van der Waals surface area contributed by atoms with E-state index in [2.05, 4.69) is 66.9 Å². The molecule has 1 aromatic heterocycles. The van der Waals surface area contributed by atoms with Crippen LogP contribution in [0.15, 0.2) is 22.7 Å². The molecular weight excluding hydrogens is 328 g/mol. The molecule has 1 N–H and O–H groups in total. The number of aliphatic hydroxyl groups is 1. The van der Waals surface area contributed by atoms with E-state index in [9.17, 15) is 5.11 Å². The van der Waals surface area contributed by atoms with Crippen LogP contribution in [-0.2, 0) is 19.4 Å². The Morgan fingerprint density at radius 2 is 1.81 bits per heavy atom. The summed E-state index contributed by atoms with van der Waals surface area (Å²) in [6, 6.07) is 6.20. The molecule has 114 valence electrons.